The second-order valence-corrected chi connectivity index (χ2v) is 6.00. The van der Waals surface area contributed by atoms with Crippen molar-refractivity contribution in [1.29, 1.82) is 0 Å². The number of anilines is 1. The molecule has 0 bridgehead atoms. The minimum Gasteiger partial charge on any atom is -0.398 e. The Balaban J connectivity index is 1.89. The van der Waals surface area contributed by atoms with E-state index in [-0.39, 0.29) is 10.6 Å². The van der Waals surface area contributed by atoms with Gasteiger partial charge in [-0.1, -0.05) is 0 Å². The Kier molecular flexibility index (Phi) is 4.70. The second kappa shape index (κ2) is 6.29. The van der Waals surface area contributed by atoms with Crippen LogP contribution in [0, 0.1) is 0 Å². The predicted molar refractivity (Wildman–Crippen MR) is 71.1 cm³/mol. The number of morpholine rings is 1. The molecule has 1 aliphatic rings. The van der Waals surface area contributed by atoms with Crippen molar-refractivity contribution in [1.82, 2.24) is 14.6 Å². The molecule has 0 radical (unpaired) electrons. The number of hydrogen-bond acceptors (Lipinski definition) is 6. The summed E-state index contributed by atoms with van der Waals surface area (Å²) in [5.41, 5.74) is 5.84. The van der Waals surface area contributed by atoms with Crippen molar-refractivity contribution in [3.05, 3.63) is 18.5 Å². The second-order valence-electron chi connectivity index (χ2n) is 4.27. The Hall–Kier alpha value is -1.22. The molecule has 2 heterocycles. The molecule has 1 fully saturated rings. The molecule has 3 N–H and O–H groups in total. The summed E-state index contributed by atoms with van der Waals surface area (Å²) in [5.74, 6) is 0. The molecule has 106 valence electrons. The molecule has 0 aliphatic carbocycles. The molecule has 1 aliphatic heterocycles. The maximum Gasteiger partial charge on any atom is 0.244 e. The van der Waals surface area contributed by atoms with Crippen molar-refractivity contribution < 1.29 is 13.2 Å². The highest BCUT2D eigenvalue weighted by molar-refractivity contribution is 7.89. The fraction of sp³-hybridized carbons (Fsp3) is 0.545. The fourth-order valence-corrected chi connectivity index (χ4v) is 2.95. The van der Waals surface area contributed by atoms with Crippen LogP contribution in [0.1, 0.15) is 0 Å². The summed E-state index contributed by atoms with van der Waals surface area (Å²) < 4.78 is 31.8. The third-order valence-corrected chi connectivity index (χ3v) is 4.43. The summed E-state index contributed by atoms with van der Waals surface area (Å²) in [6, 6.07) is 1.47. The zero-order chi connectivity index (χ0) is 13.7. The van der Waals surface area contributed by atoms with E-state index in [4.69, 9.17) is 10.5 Å². The van der Waals surface area contributed by atoms with Crippen LogP contribution in [0.5, 0.6) is 0 Å². The van der Waals surface area contributed by atoms with Crippen LogP contribution in [0.4, 0.5) is 5.69 Å². The number of nitrogens with two attached hydrogens (primary N) is 1. The van der Waals surface area contributed by atoms with Crippen molar-refractivity contribution in [3.8, 4) is 0 Å². The van der Waals surface area contributed by atoms with Gasteiger partial charge in [-0.3, -0.25) is 9.88 Å². The Bertz CT molecular complexity index is 514. The highest BCUT2D eigenvalue weighted by Crippen LogP contribution is 2.14. The van der Waals surface area contributed by atoms with Gasteiger partial charge in [-0.25, -0.2) is 13.1 Å². The quantitative estimate of drug-likeness (QED) is 0.741. The molecule has 0 atom stereocenters. The smallest absolute Gasteiger partial charge is 0.244 e. The van der Waals surface area contributed by atoms with Gasteiger partial charge >= 0.3 is 0 Å². The van der Waals surface area contributed by atoms with Gasteiger partial charge in [0.25, 0.3) is 0 Å². The van der Waals surface area contributed by atoms with E-state index < -0.39 is 10.0 Å². The Morgan fingerprint density at radius 2 is 2.16 bits per heavy atom. The first kappa shape index (κ1) is 14.2. The van der Waals surface area contributed by atoms with E-state index in [0.717, 1.165) is 13.1 Å². The molecule has 0 amide bonds. The average Bonchev–Trinajstić information content (AvgIpc) is 2.40. The number of nitrogen functional groups attached to an aromatic ring is 1. The van der Waals surface area contributed by atoms with Gasteiger partial charge in [-0.2, -0.15) is 0 Å². The molecular weight excluding hydrogens is 268 g/mol. The number of nitrogens with one attached hydrogen (secondary N) is 1. The molecule has 0 aromatic carbocycles. The van der Waals surface area contributed by atoms with Crippen LogP contribution in [0.2, 0.25) is 0 Å². The van der Waals surface area contributed by atoms with Crippen molar-refractivity contribution in [2.24, 2.45) is 0 Å². The van der Waals surface area contributed by atoms with Gasteiger partial charge in [0.1, 0.15) is 4.90 Å². The van der Waals surface area contributed by atoms with Crippen LogP contribution >= 0.6 is 0 Å². The maximum absolute atomic E-state index is 12.0. The van der Waals surface area contributed by atoms with Gasteiger partial charge in [-0.05, 0) is 6.07 Å². The zero-order valence-corrected chi connectivity index (χ0v) is 11.4. The van der Waals surface area contributed by atoms with Gasteiger partial charge in [-0.15, -0.1) is 0 Å². The van der Waals surface area contributed by atoms with Crippen LogP contribution in [0.3, 0.4) is 0 Å². The maximum atomic E-state index is 12.0. The first-order chi connectivity index (χ1) is 9.09. The molecule has 2 rings (SSSR count). The highest BCUT2D eigenvalue weighted by Gasteiger charge is 2.18. The predicted octanol–water partition coefficient (Wildman–Crippen LogP) is -0.726. The number of rotatable bonds is 5. The largest absolute Gasteiger partial charge is 0.398 e. The number of sulfonamides is 1. The summed E-state index contributed by atoms with van der Waals surface area (Å²) in [7, 11) is -3.59. The van der Waals surface area contributed by atoms with Crippen molar-refractivity contribution in [2.45, 2.75) is 4.90 Å². The lowest BCUT2D eigenvalue weighted by Crippen LogP contribution is -2.41. The number of ether oxygens (including phenoxy) is 1. The highest BCUT2D eigenvalue weighted by atomic mass is 32.2. The molecule has 1 saturated heterocycles. The van der Waals surface area contributed by atoms with Crippen molar-refractivity contribution in [3.63, 3.8) is 0 Å². The van der Waals surface area contributed by atoms with E-state index in [1.165, 1.54) is 18.5 Å². The normalized spacial score (nSPS) is 17.5. The first-order valence-electron chi connectivity index (χ1n) is 6.09. The van der Waals surface area contributed by atoms with Gasteiger partial charge in [0.05, 0.1) is 18.9 Å². The van der Waals surface area contributed by atoms with Crippen LogP contribution in [0.25, 0.3) is 0 Å². The first-order valence-corrected chi connectivity index (χ1v) is 7.57. The van der Waals surface area contributed by atoms with Gasteiger partial charge in [0.15, 0.2) is 0 Å². The molecule has 1 aromatic rings. The van der Waals surface area contributed by atoms with E-state index in [9.17, 15) is 8.42 Å². The summed E-state index contributed by atoms with van der Waals surface area (Å²) >= 11 is 0. The van der Waals surface area contributed by atoms with E-state index >= 15 is 0 Å². The van der Waals surface area contributed by atoms with Crippen LogP contribution in [0.15, 0.2) is 23.4 Å². The summed E-state index contributed by atoms with van der Waals surface area (Å²) in [6.45, 7) is 4.05. The summed E-state index contributed by atoms with van der Waals surface area (Å²) in [4.78, 5) is 5.96. The lowest BCUT2D eigenvalue weighted by atomic mass is 10.4. The minimum atomic E-state index is -3.59. The standard InChI is InChI=1S/C11H18N4O3S/c12-10-1-2-13-9-11(10)19(16,17)14-3-4-15-5-7-18-8-6-15/h1-2,9,14H,3-8H2,(H2,12,13). The third kappa shape index (κ3) is 3.87. The van der Waals surface area contributed by atoms with Gasteiger partial charge in [0, 0.05) is 38.6 Å². The molecular formula is C11H18N4O3S. The van der Waals surface area contributed by atoms with E-state index in [1.807, 2.05) is 0 Å². The minimum absolute atomic E-state index is 0.0250. The van der Waals surface area contributed by atoms with E-state index in [1.54, 1.807) is 0 Å². The number of aromatic nitrogens is 1. The summed E-state index contributed by atoms with van der Waals surface area (Å²) in [6.07, 6.45) is 2.72. The average molecular weight is 286 g/mol. The van der Waals surface area contributed by atoms with Crippen molar-refractivity contribution >= 4 is 15.7 Å². The Morgan fingerprint density at radius 1 is 1.42 bits per heavy atom. The molecule has 1 aromatic heterocycles. The topological polar surface area (TPSA) is 97.5 Å². The molecule has 7 nitrogen and oxygen atoms in total. The molecule has 0 saturated carbocycles. The third-order valence-electron chi connectivity index (χ3n) is 2.93. The molecule has 0 unspecified atom stereocenters. The molecule has 0 spiro atoms. The Labute approximate surface area is 112 Å². The monoisotopic (exact) mass is 286 g/mol. The fourth-order valence-electron chi connectivity index (χ4n) is 1.86. The number of pyridine rings is 1. The van der Waals surface area contributed by atoms with Gasteiger partial charge < -0.3 is 10.5 Å². The van der Waals surface area contributed by atoms with Crippen molar-refractivity contribution in [2.75, 3.05) is 45.1 Å². The number of hydrogen-bond donors (Lipinski definition) is 2. The number of nitrogens with zero attached hydrogens (tertiary/aromatic N) is 2. The van der Waals surface area contributed by atoms with Crippen LogP contribution in [-0.4, -0.2) is 57.7 Å². The SMILES string of the molecule is Nc1ccncc1S(=O)(=O)NCCN1CCOCC1. The molecule has 8 heteroatoms. The molecule has 19 heavy (non-hydrogen) atoms. The lowest BCUT2D eigenvalue weighted by molar-refractivity contribution is 0.0390. The van der Waals surface area contributed by atoms with E-state index in [0.29, 0.717) is 26.3 Å². The van der Waals surface area contributed by atoms with Gasteiger partial charge in [0.2, 0.25) is 10.0 Å². The lowest BCUT2D eigenvalue weighted by Gasteiger charge is -2.26. The van der Waals surface area contributed by atoms with E-state index in [2.05, 4.69) is 14.6 Å². The van der Waals surface area contributed by atoms with Crippen LogP contribution < -0.4 is 10.5 Å². The van der Waals surface area contributed by atoms with Crippen LogP contribution in [-0.2, 0) is 14.8 Å². The zero-order valence-electron chi connectivity index (χ0n) is 10.6. The summed E-state index contributed by atoms with van der Waals surface area (Å²) in [5, 5.41) is 0. The Morgan fingerprint density at radius 3 is 2.84 bits per heavy atom.